The summed E-state index contributed by atoms with van der Waals surface area (Å²) in [5.74, 6) is 0. The number of rotatable bonds is 3. The first kappa shape index (κ1) is 40.5. The molecule has 0 saturated heterocycles. The fourth-order valence-electron chi connectivity index (χ4n) is 12.3. The van der Waals surface area contributed by atoms with Gasteiger partial charge >= 0.3 is 0 Å². The maximum Gasteiger partial charge on any atom is 0.197 e. The van der Waals surface area contributed by atoms with E-state index in [9.17, 15) is 0 Å². The van der Waals surface area contributed by atoms with Crippen LogP contribution in [0.3, 0.4) is 0 Å². The van der Waals surface area contributed by atoms with Crippen LogP contribution in [0.1, 0.15) is 108 Å². The van der Waals surface area contributed by atoms with Crippen molar-refractivity contribution in [3.8, 4) is 39.1 Å². The van der Waals surface area contributed by atoms with Crippen molar-refractivity contribution < 1.29 is 4.42 Å². The third-order valence-corrected chi connectivity index (χ3v) is 16.0. The number of aryl methyl sites for hydroxylation is 1. The lowest BCUT2D eigenvalue weighted by atomic mass is 9.58. The molecule has 8 aromatic carbocycles. The Hall–Kier alpha value is -6.78. The van der Waals surface area contributed by atoms with Crippen molar-refractivity contribution in [3.63, 3.8) is 0 Å². The van der Waals surface area contributed by atoms with Crippen molar-refractivity contribution in [3.05, 3.63) is 172 Å². The topological polar surface area (TPSA) is 30.1 Å². The van der Waals surface area contributed by atoms with Crippen LogP contribution in [0.2, 0.25) is 0 Å². The molecule has 327 valence electrons. The van der Waals surface area contributed by atoms with E-state index in [0.29, 0.717) is 0 Å². The van der Waals surface area contributed by atoms with E-state index in [0.717, 1.165) is 33.3 Å². The molecule has 10 aromatic rings. The third kappa shape index (κ3) is 5.59. The summed E-state index contributed by atoms with van der Waals surface area (Å²) in [4.78, 5) is 0. The molecule has 1 aliphatic heterocycles. The molecule has 0 saturated carbocycles. The molecule has 0 fully saturated rings. The Balaban J connectivity index is 1.13. The van der Waals surface area contributed by atoms with Crippen LogP contribution in [0.15, 0.2) is 138 Å². The highest BCUT2D eigenvalue weighted by atomic mass is 16.3. The second-order valence-corrected chi connectivity index (χ2v) is 23.0. The number of benzene rings is 8. The van der Waals surface area contributed by atoms with E-state index in [-0.39, 0.29) is 21.7 Å². The maximum atomic E-state index is 6.61. The molecule has 2 aliphatic carbocycles. The number of nitrogens with zero attached hydrogens (tertiary/aromatic N) is 1. The second-order valence-electron chi connectivity index (χ2n) is 23.0. The Kier molecular flexibility index (Phi) is 7.99. The average molecular weight is 868 g/mol. The first-order valence-electron chi connectivity index (χ1n) is 24.2. The Morgan fingerprint density at radius 1 is 0.522 bits per heavy atom. The average Bonchev–Trinajstić information content (AvgIpc) is 3.96. The van der Waals surface area contributed by atoms with Gasteiger partial charge in [-0.25, -0.2) is 0 Å². The lowest BCUT2D eigenvalue weighted by Gasteiger charge is -2.28. The van der Waals surface area contributed by atoms with Crippen LogP contribution < -0.4 is 16.2 Å². The Labute approximate surface area is 395 Å². The van der Waals surface area contributed by atoms with Gasteiger partial charge in [0.15, 0.2) is 7.28 Å². The van der Waals surface area contributed by atoms with Crippen LogP contribution in [-0.4, -0.2) is 11.8 Å². The van der Waals surface area contributed by atoms with Crippen molar-refractivity contribution in [1.29, 1.82) is 0 Å². The summed E-state index contributed by atoms with van der Waals surface area (Å²) in [5.41, 5.74) is 27.1. The first-order valence-corrected chi connectivity index (χ1v) is 24.2. The maximum absolute atomic E-state index is 6.61. The van der Waals surface area contributed by atoms with Gasteiger partial charge in [-0.05, 0) is 139 Å². The summed E-state index contributed by atoms with van der Waals surface area (Å²) in [7, 11) is 2.50. The zero-order valence-corrected chi connectivity index (χ0v) is 40.6. The molecule has 0 bridgehead atoms. The van der Waals surface area contributed by atoms with Gasteiger partial charge in [-0.3, -0.25) is 0 Å². The van der Waals surface area contributed by atoms with Crippen LogP contribution in [0, 0.1) is 6.92 Å². The molecule has 2 aromatic heterocycles. The van der Waals surface area contributed by atoms with Crippen LogP contribution in [-0.2, 0) is 21.7 Å². The molecule has 1 radical (unpaired) electrons. The van der Waals surface area contributed by atoms with E-state index in [1.807, 2.05) is 0 Å². The minimum atomic E-state index is -0.177. The van der Waals surface area contributed by atoms with Gasteiger partial charge in [0.05, 0.1) is 5.52 Å². The fraction of sp³-hybridized carbons (Fsp3) is 0.238. The van der Waals surface area contributed by atoms with Crippen LogP contribution >= 0.6 is 0 Å². The standard InChI is InChI=1S/C63H56BN2O/c1-34-26-45(43-28-41-40-27-36(61(5,6)7)22-25-48(40)63(10,11)49(41)32-52(43)65-37-23-20-35(21-24-37)60(2,3)4)58-59-57(34)46-31-56-44(39-17-13-15-19-55(39)67-56)30-53(46)66(59)54-33-50-42(29-51(54)64-58)38-16-12-14-18-47(38)62(50,8)9/h12-33,65H,1-11H3. The van der Waals surface area contributed by atoms with Gasteiger partial charge in [0.25, 0.3) is 0 Å². The van der Waals surface area contributed by atoms with Crippen LogP contribution in [0.4, 0.5) is 11.4 Å². The molecule has 3 nitrogen and oxygen atoms in total. The largest absolute Gasteiger partial charge is 0.456 e. The molecule has 13 rings (SSSR count). The zero-order valence-electron chi connectivity index (χ0n) is 40.6. The van der Waals surface area contributed by atoms with Crippen LogP contribution in [0.5, 0.6) is 0 Å². The molecular weight excluding hydrogens is 812 g/mol. The Morgan fingerprint density at radius 3 is 1.94 bits per heavy atom. The number of fused-ring (bicyclic) bond motifs is 14. The van der Waals surface area contributed by atoms with E-state index in [2.05, 4.69) is 227 Å². The fourth-order valence-corrected chi connectivity index (χ4v) is 12.3. The van der Waals surface area contributed by atoms with E-state index < -0.39 is 0 Å². The molecule has 3 aliphatic rings. The van der Waals surface area contributed by atoms with Gasteiger partial charge < -0.3 is 14.3 Å². The number of hydrogen-bond donors (Lipinski definition) is 1. The third-order valence-electron chi connectivity index (χ3n) is 16.0. The lowest BCUT2D eigenvalue weighted by Crippen LogP contribution is -2.38. The summed E-state index contributed by atoms with van der Waals surface area (Å²) in [5, 5.41) is 8.81. The number of aromatic nitrogens is 1. The zero-order chi connectivity index (χ0) is 46.3. The lowest BCUT2D eigenvalue weighted by molar-refractivity contribution is 0.589. The monoisotopic (exact) mass is 867 g/mol. The molecular formula is C63H56BN2O. The normalized spacial score (nSPS) is 15.1. The summed E-state index contributed by atoms with van der Waals surface area (Å²) in [6, 6.07) is 51.0. The summed E-state index contributed by atoms with van der Waals surface area (Å²) >= 11 is 0. The first-order chi connectivity index (χ1) is 31.9. The van der Waals surface area contributed by atoms with Gasteiger partial charge in [0, 0.05) is 60.5 Å². The minimum Gasteiger partial charge on any atom is -0.456 e. The predicted octanol–water partition coefficient (Wildman–Crippen LogP) is 15.6. The molecule has 0 amide bonds. The van der Waals surface area contributed by atoms with E-state index in [4.69, 9.17) is 4.42 Å². The summed E-state index contributed by atoms with van der Waals surface area (Å²) < 4.78 is 9.22. The van der Waals surface area contributed by atoms with Crippen molar-refractivity contribution in [2.24, 2.45) is 0 Å². The molecule has 0 atom stereocenters. The number of furan rings is 1. The molecule has 4 heteroatoms. The highest BCUT2D eigenvalue weighted by molar-refractivity contribution is 6.73. The summed E-state index contributed by atoms with van der Waals surface area (Å²) in [6.07, 6.45) is 0. The smallest absolute Gasteiger partial charge is 0.197 e. The summed E-state index contributed by atoms with van der Waals surface area (Å²) in [6.45, 7) is 25.7. The van der Waals surface area contributed by atoms with Crippen molar-refractivity contribution in [1.82, 2.24) is 4.57 Å². The molecule has 67 heavy (non-hydrogen) atoms. The van der Waals surface area contributed by atoms with Crippen molar-refractivity contribution >= 4 is 73.3 Å². The Bertz CT molecular complexity index is 3820. The van der Waals surface area contributed by atoms with Crippen LogP contribution in [0.25, 0.3) is 82.8 Å². The number of para-hydroxylation sites is 1. The highest BCUT2D eigenvalue weighted by Gasteiger charge is 2.40. The predicted molar refractivity (Wildman–Crippen MR) is 286 cm³/mol. The Morgan fingerprint density at radius 2 is 1.18 bits per heavy atom. The van der Waals surface area contributed by atoms with Gasteiger partial charge in [0.1, 0.15) is 11.2 Å². The second kappa shape index (κ2) is 13.2. The van der Waals surface area contributed by atoms with E-state index >= 15 is 0 Å². The SMILES string of the molecule is Cc1cc(-c2cc3c(cc2Nc2ccc(C(C)(C)C)cc2)C(C)(C)c2ccc(C(C)(C)C)cc2-3)c2c3c1c1cc4oc5ccccc5c4cc1n3-c1cc3c(cc1[B]2)-c1ccccc1C3(C)C. The van der Waals surface area contributed by atoms with Gasteiger partial charge in [0.2, 0.25) is 0 Å². The molecule has 3 heterocycles. The quantitative estimate of drug-likeness (QED) is 0.179. The van der Waals surface area contributed by atoms with Gasteiger partial charge in [-0.2, -0.15) is 0 Å². The van der Waals surface area contributed by atoms with E-state index in [1.54, 1.807) is 0 Å². The molecule has 0 spiro atoms. The minimum absolute atomic E-state index is 0.0246. The van der Waals surface area contributed by atoms with Crippen molar-refractivity contribution in [2.75, 3.05) is 5.32 Å². The van der Waals surface area contributed by atoms with Crippen molar-refractivity contribution in [2.45, 2.75) is 97.8 Å². The van der Waals surface area contributed by atoms with Gasteiger partial charge in [-0.1, -0.05) is 160 Å². The number of anilines is 2. The number of hydrogen-bond acceptors (Lipinski definition) is 2. The van der Waals surface area contributed by atoms with E-state index in [1.165, 1.54) is 111 Å². The number of nitrogens with one attached hydrogen (secondary N) is 1. The molecule has 0 unspecified atom stereocenters. The highest BCUT2D eigenvalue weighted by Crippen LogP contribution is 2.54. The van der Waals surface area contributed by atoms with Gasteiger partial charge in [-0.15, -0.1) is 0 Å². The molecule has 1 N–H and O–H groups in total.